The van der Waals surface area contributed by atoms with Crippen molar-refractivity contribution < 1.29 is 23.7 Å². The van der Waals surface area contributed by atoms with Gasteiger partial charge in [-0.2, -0.15) is 0 Å². The molecule has 1 aliphatic heterocycles. The van der Waals surface area contributed by atoms with Crippen molar-refractivity contribution in [2.24, 2.45) is 4.99 Å². The summed E-state index contributed by atoms with van der Waals surface area (Å²) < 4.78 is 24.4. The summed E-state index contributed by atoms with van der Waals surface area (Å²) in [6, 6.07) is 19.4. The van der Waals surface area contributed by atoms with Gasteiger partial charge < -0.3 is 18.9 Å². The summed E-state index contributed by atoms with van der Waals surface area (Å²) in [5.74, 6) is 1.14. The lowest BCUT2D eigenvalue weighted by atomic mass is 9.95. The molecule has 3 aromatic carbocycles. The van der Waals surface area contributed by atoms with Crippen molar-refractivity contribution in [3.63, 3.8) is 0 Å². The molecule has 0 saturated carbocycles. The van der Waals surface area contributed by atoms with Gasteiger partial charge in [-0.15, -0.1) is 0 Å². The smallest absolute Gasteiger partial charge is 0.338 e. The Balaban J connectivity index is 1.59. The van der Waals surface area contributed by atoms with Gasteiger partial charge in [0.05, 0.1) is 36.6 Å². The van der Waals surface area contributed by atoms with Crippen LogP contribution >= 0.6 is 22.9 Å². The van der Waals surface area contributed by atoms with Crippen LogP contribution in [0.2, 0.25) is 5.02 Å². The summed E-state index contributed by atoms with van der Waals surface area (Å²) in [6.45, 7) is 3.97. The van der Waals surface area contributed by atoms with Crippen LogP contribution in [0.3, 0.4) is 0 Å². The second kappa shape index (κ2) is 12.7. The summed E-state index contributed by atoms with van der Waals surface area (Å²) in [5, 5.41) is 0.635. The molecule has 1 atom stereocenters. The standard InChI is InChI=1S/C32H29ClN2O6S/c1-5-40-31(37)28-19(2)34-32-35(29(28)24-14-13-22(38-3)17-26(24)39-4)30(36)27(42-32)16-20-9-8-11-23(15-20)41-18-21-10-6-7-12-25(21)33/h6-17,29H,5,18H2,1-4H3/b27-16-/t29-/m0/s1. The average Bonchev–Trinajstić information content (AvgIpc) is 3.29. The minimum Gasteiger partial charge on any atom is -0.497 e. The Bertz CT molecular complexity index is 1860. The summed E-state index contributed by atoms with van der Waals surface area (Å²) >= 11 is 7.51. The Morgan fingerprint density at radius 3 is 2.60 bits per heavy atom. The van der Waals surface area contributed by atoms with E-state index in [1.807, 2.05) is 48.5 Å². The molecule has 0 fully saturated rings. The van der Waals surface area contributed by atoms with E-state index in [1.54, 1.807) is 45.2 Å². The maximum absolute atomic E-state index is 14.0. The highest BCUT2D eigenvalue weighted by Crippen LogP contribution is 2.37. The molecule has 0 spiro atoms. The molecule has 0 unspecified atom stereocenters. The molecule has 42 heavy (non-hydrogen) atoms. The van der Waals surface area contributed by atoms with Gasteiger partial charge in [-0.25, -0.2) is 9.79 Å². The molecule has 0 N–H and O–H groups in total. The first kappa shape index (κ1) is 29.2. The molecular weight excluding hydrogens is 576 g/mol. The number of rotatable bonds is 9. The van der Waals surface area contributed by atoms with Crippen molar-refractivity contribution in [1.29, 1.82) is 0 Å². The van der Waals surface area contributed by atoms with Crippen LogP contribution in [0.15, 0.2) is 87.8 Å². The SMILES string of the molecule is CCOC(=O)C1=C(C)N=c2s/c(=C\c3cccc(OCc4ccccc4Cl)c3)c(=O)n2[C@H]1c1ccc(OC)cc1OC. The van der Waals surface area contributed by atoms with Gasteiger partial charge in [0.15, 0.2) is 4.80 Å². The Labute approximate surface area is 251 Å². The second-order valence-electron chi connectivity index (χ2n) is 9.36. The number of aromatic nitrogens is 1. The predicted octanol–water partition coefficient (Wildman–Crippen LogP) is 5.05. The number of nitrogens with zero attached hydrogens (tertiary/aromatic N) is 2. The maximum atomic E-state index is 14.0. The van der Waals surface area contributed by atoms with Crippen molar-refractivity contribution in [2.75, 3.05) is 20.8 Å². The number of ether oxygens (including phenoxy) is 4. The van der Waals surface area contributed by atoms with Gasteiger partial charge in [0.2, 0.25) is 0 Å². The quantitative estimate of drug-likeness (QED) is 0.249. The fourth-order valence-corrected chi connectivity index (χ4v) is 5.99. The first-order chi connectivity index (χ1) is 20.3. The fraction of sp³-hybridized carbons (Fsp3) is 0.219. The van der Waals surface area contributed by atoms with E-state index >= 15 is 0 Å². The number of methoxy groups -OCH3 is 2. The van der Waals surface area contributed by atoms with Gasteiger partial charge >= 0.3 is 5.97 Å². The first-order valence-electron chi connectivity index (χ1n) is 13.2. The van der Waals surface area contributed by atoms with Crippen LogP contribution in [0.25, 0.3) is 6.08 Å². The number of hydrogen-bond acceptors (Lipinski definition) is 8. The molecule has 0 amide bonds. The van der Waals surface area contributed by atoms with Crippen LogP contribution in [0.5, 0.6) is 17.2 Å². The van der Waals surface area contributed by atoms with E-state index in [1.165, 1.54) is 23.0 Å². The van der Waals surface area contributed by atoms with E-state index in [9.17, 15) is 9.59 Å². The van der Waals surface area contributed by atoms with E-state index in [-0.39, 0.29) is 17.7 Å². The number of benzene rings is 3. The molecule has 0 aliphatic carbocycles. The van der Waals surface area contributed by atoms with Crippen molar-refractivity contribution in [2.45, 2.75) is 26.5 Å². The van der Waals surface area contributed by atoms with Gasteiger partial charge in [-0.05, 0) is 55.8 Å². The molecule has 1 aromatic heterocycles. The molecule has 10 heteroatoms. The minimum absolute atomic E-state index is 0.182. The van der Waals surface area contributed by atoms with Crippen LogP contribution in [0, 0.1) is 0 Å². The molecule has 8 nitrogen and oxygen atoms in total. The largest absolute Gasteiger partial charge is 0.497 e. The van der Waals surface area contributed by atoms with Crippen LogP contribution in [0.1, 0.15) is 36.6 Å². The van der Waals surface area contributed by atoms with E-state index in [0.29, 0.717) is 49.5 Å². The Hall–Kier alpha value is -4.34. The van der Waals surface area contributed by atoms with Crippen molar-refractivity contribution in [3.8, 4) is 17.2 Å². The lowest BCUT2D eigenvalue weighted by Crippen LogP contribution is -2.40. The molecule has 216 valence electrons. The highest BCUT2D eigenvalue weighted by Gasteiger charge is 2.35. The number of carbonyl (C=O) groups is 1. The number of fused-ring (bicyclic) bond motifs is 1. The van der Waals surface area contributed by atoms with E-state index in [0.717, 1.165) is 11.1 Å². The Morgan fingerprint density at radius 1 is 1.05 bits per heavy atom. The zero-order valence-electron chi connectivity index (χ0n) is 23.5. The first-order valence-corrected chi connectivity index (χ1v) is 14.4. The number of halogens is 1. The number of thiazole rings is 1. The van der Waals surface area contributed by atoms with Crippen LogP contribution in [-0.4, -0.2) is 31.4 Å². The molecule has 2 heterocycles. The normalized spacial score (nSPS) is 14.7. The van der Waals surface area contributed by atoms with Gasteiger partial charge in [-0.1, -0.05) is 53.3 Å². The number of hydrogen-bond donors (Lipinski definition) is 0. The molecular formula is C32H29ClN2O6S. The molecule has 4 aromatic rings. The van der Waals surface area contributed by atoms with Gasteiger partial charge in [0.1, 0.15) is 29.9 Å². The van der Waals surface area contributed by atoms with Gasteiger partial charge in [0, 0.05) is 22.2 Å². The number of allylic oxidation sites excluding steroid dienone is 1. The third-order valence-electron chi connectivity index (χ3n) is 6.76. The van der Waals surface area contributed by atoms with Gasteiger partial charge in [0.25, 0.3) is 5.56 Å². The zero-order chi connectivity index (χ0) is 29.8. The Kier molecular flexibility index (Phi) is 8.80. The molecule has 0 radical (unpaired) electrons. The highest BCUT2D eigenvalue weighted by atomic mass is 35.5. The zero-order valence-corrected chi connectivity index (χ0v) is 25.1. The molecule has 0 bridgehead atoms. The second-order valence-corrected chi connectivity index (χ2v) is 10.8. The minimum atomic E-state index is -0.811. The van der Waals surface area contributed by atoms with Crippen molar-refractivity contribution >= 4 is 35.0 Å². The monoisotopic (exact) mass is 604 g/mol. The van der Waals surface area contributed by atoms with E-state index in [2.05, 4.69) is 4.99 Å². The van der Waals surface area contributed by atoms with E-state index in [4.69, 9.17) is 30.5 Å². The summed E-state index contributed by atoms with van der Waals surface area (Å²) in [6.07, 6.45) is 1.79. The molecule has 0 saturated heterocycles. The lowest BCUT2D eigenvalue weighted by molar-refractivity contribution is -0.139. The van der Waals surface area contributed by atoms with Gasteiger partial charge in [-0.3, -0.25) is 9.36 Å². The third kappa shape index (κ3) is 5.84. The topological polar surface area (TPSA) is 88.4 Å². The molecule has 5 rings (SSSR count). The Morgan fingerprint density at radius 2 is 1.86 bits per heavy atom. The number of esters is 1. The van der Waals surface area contributed by atoms with Crippen LogP contribution in [0.4, 0.5) is 0 Å². The van der Waals surface area contributed by atoms with E-state index < -0.39 is 12.0 Å². The maximum Gasteiger partial charge on any atom is 0.338 e. The lowest BCUT2D eigenvalue weighted by Gasteiger charge is -2.26. The highest BCUT2D eigenvalue weighted by molar-refractivity contribution is 7.07. The predicted molar refractivity (Wildman–Crippen MR) is 162 cm³/mol. The van der Waals surface area contributed by atoms with Crippen molar-refractivity contribution in [3.05, 3.63) is 119 Å². The summed E-state index contributed by atoms with van der Waals surface area (Å²) in [4.78, 5) is 32.3. The van der Waals surface area contributed by atoms with Crippen molar-refractivity contribution in [1.82, 2.24) is 4.57 Å². The average molecular weight is 605 g/mol. The van der Waals surface area contributed by atoms with Crippen LogP contribution in [-0.2, 0) is 16.1 Å². The summed E-state index contributed by atoms with van der Waals surface area (Å²) in [5.41, 5.74) is 2.71. The fourth-order valence-electron chi connectivity index (χ4n) is 4.75. The number of carbonyl (C=O) groups excluding carboxylic acids is 1. The third-order valence-corrected chi connectivity index (χ3v) is 8.11. The van der Waals surface area contributed by atoms with Crippen LogP contribution < -0.4 is 29.1 Å². The summed E-state index contributed by atoms with van der Waals surface area (Å²) in [7, 11) is 3.09. The molecule has 1 aliphatic rings.